The summed E-state index contributed by atoms with van der Waals surface area (Å²) < 4.78 is 48.8. The topological polar surface area (TPSA) is 129 Å². The van der Waals surface area contributed by atoms with Gasteiger partial charge >= 0.3 is 12.3 Å². The molecule has 2 aliphatic heterocycles. The lowest BCUT2D eigenvalue weighted by atomic mass is 9.84. The summed E-state index contributed by atoms with van der Waals surface area (Å²) in [6, 6.07) is 3.96. The van der Waals surface area contributed by atoms with E-state index in [9.17, 15) is 27.9 Å². The highest BCUT2D eigenvalue weighted by Gasteiger charge is 2.32. The number of amides is 1. The average Bonchev–Trinajstić information content (AvgIpc) is 3.37. The van der Waals surface area contributed by atoms with Crippen LogP contribution in [0, 0.1) is 11.3 Å². The molecule has 0 aliphatic carbocycles. The van der Waals surface area contributed by atoms with Crippen molar-refractivity contribution < 1.29 is 37.3 Å². The maximum atomic E-state index is 13.2. The number of thiazole rings is 1. The summed E-state index contributed by atoms with van der Waals surface area (Å²) in [5.41, 5.74) is 0.763. The third kappa shape index (κ3) is 9.52. The second-order valence-electron chi connectivity index (χ2n) is 12.1. The lowest BCUT2D eigenvalue weighted by molar-refractivity contribution is -0.274. The van der Waals surface area contributed by atoms with Crippen LogP contribution in [0.25, 0.3) is 11.3 Å². The molecule has 11 nitrogen and oxygen atoms in total. The first-order valence-electron chi connectivity index (χ1n) is 14.8. The van der Waals surface area contributed by atoms with E-state index >= 15 is 0 Å². The molecule has 46 heavy (non-hydrogen) atoms. The number of hydrogen-bond acceptors (Lipinski definition) is 9. The second kappa shape index (κ2) is 14.6. The summed E-state index contributed by atoms with van der Waals surface area (Å²) >= 11 is 1.22. The molecule has 2 saturated heterocycles. The monoisotopic (exact) mass is 664 g/mol. The van der Waals surface area contributed by atoms with Crippen molar-refractivity contribution in [3.8, 4) is 22.8 Å². The van der Waals surface area contributed by atoms with Gasteiger partial charge < -0.3 is 19.5 Å². The summed E-state index contributed by atoms with van der Waals surface area (Å²) in [5, 5.41) is 12.2. The van der Waals surface area contributed by atoms with Crippen LogP contribution >= 0.6 is 11.3 Å². The molecule has 2 N–H and O–H groups in total. The molecule has 0 bridgehead atoms. The average molecular weight is 665 g/mol. The molecule has 0 spiro atoms. The summed E-state index contributed by atoms with van der Waals surface area (Å²) in [7, 11) is 1.35. The zero-order chi connectivity index (χ0) is 33.6. The first kappa shape index (κ1) is 34.9. The first-order chi connectivity index (χ1) is 21.7. The molecule has 1 amide bonds. The first-order valence-corrected chi connectivity index (χ1v) is 15.7. The Kier molecular flexibility index (Phi) is 11.1. The summed E-state index contributed by atoms with van der Waals surface area (Å²) in [6.07, 6.45) is -0.525. The molecule has 3 heterocycles. The van der Waals surface area contributed by atoms with Crippen LogP contribution in [0.4, 0.5) is 18.3 Å². The Balaban J connectivity index is 1.60. The third-order valence-corrected chi connectivity index (χ3v) is 8.92. The maximum Gasteiger partial charge on any atom is 0.573 e. The smallest absolute Gasteiger partial charge is 0.497 e. The molecule has 0 radical (unpaired) electrons. The molecule has 1 aromatic carbocycles. The minimum absolute atomic E-state index is 0.0712. The highest BCUT2D eigenvalue weighted by Crippen LogP contribution is 2.39. The summed E-state index contributed by atoms with van der Waals surface area (Å²) in [5.74, 6) is -1.50. The number of aliphatic carboxylic acids is 1. The van der Waals surface area contributed by atoms with Crippen molar-refractivity contribution in [2.45, 2.75) is 59.4 Å². The van der Waals surface area contributed by atoms with Crippen LogP contribution < -0.4 is 14.8 Å². The van der Waals surface area contributed by atoms with E-state index in [4.69, 9.17) is 4.74 Å². The molecule has 0 saturated carbocycles. The van der Waals surface area contributed by atoms with Gasteiger partial charge in [-0.2, -0.15) is 0 Å². The van der Waals surface area contributed by atoms with Crippen molar-refractivity contribution in [3.05, 3.63) is 35.0 Å². The molecule has 15 heteroatoms. The molecule has 0 unspecified atom stereocenters. The summed E-state index contributed by atoms with van der Waals surface area (Å²) in [4.78, 5) is 42.3. The number of carbonyl (C=O) groups excluding carboxylic acids is 1. The Morgan fingerprint density at radius 3 is 2.52 bits per heavy atom. The fourth-order valence-electron chi connectivity index (χ4n) is 5.66. The number of anilines is 1. The van der Waals surface area contributed by atoms with Crippen LogP contribution in [0.5, 0.6) is 11.5 Å². The number of amidine groups is 1. The zero-order valence-electron chi connectivity index (χ0n) is 26.3. The second-order valence-corrected chi connectivity index (χ2v) is 13.2. The number of aliphatic imine (C=N–C) groups is 2. The minimum Gasteiger partial charge on any atom is -0.497 e. The van der Waals surface area contributed by atoms with E-state index in [1.165, 1.54) is 30.7 Å². The Hall–Kier alpha value is -3.98. The molecular weight excluding hydrogens is 625 g/mol. The maximum absolute atomic E-state index is 13.2. The van der Waals surface area contributed by atoms with Crippen LogP contribution in [0.15, 0.2) is 40.1 Å². The standard InChI is InChI=1S/C31H39F3N6O5S/c1-19(40-11-7-20(8-12-40)28(42)43)36-16-24(35-4)27(41)38-29-37-26(25(46-29)17-39-10-6-9-30(2,3)18-39)21-13-22(44-5)15-23(14-21)45-31(32,33)34/h13-16,20H,4,6-12,17-18H2,1-3,5H3,(H,42,43)(H,37,38,41)/b24-16-,36-19+. The van der Waals surface area contributed by atoms with Crippen molar-refractivity contribution >= 4 is 40.9 Å². The number of piperidine rings is 2. The van der Waals surface area contributed by atoms with Crippen LogP contribution in [0.1, 0.15) is 51.3 Å². The van der Waals surface area contributed by atoms with Gasteiger partial charge in [0, 0.05) is 42.7 Å². The third-order valence-electron chi connectivity index (χ3n) is 7.97. The van der Waals surface area contributed by atoms with Crippen LogP contribution in [-0.4, -0.2) is 84.0 Å². The van der Waals surface area contributed by atoms with Gasteiger partial charge in [0.2, 0.25) is 0 Å². The molecule has 1 aromatic heterocycles. The van der Waals surface area contributed by atoms with Gasteiger partial charge in [-0.25, -0.2) is 9.98 Å². The number of methoxy groups -OCH3 is 1. The fourth-order valence-corrected chi connectivity index (χ4v) is 6.68. The van der Waals surface area contributed by atoms with Gasteiger partial charge in [0.15, 0.2) is 5.13 Å². The number of ether oxygens (including phenoxy) is 2. The lowest BCUT2D eigenvalue weighted by Gasteiger charge is -2.37. The number of hydrogen-bond donors (Lipinski definition) is 2. The lowest BCUT2D eigenvalue weighted by Crippen LogP contribution is -2.39. The van der Waals surface area contributed by atoms with E-state index in [0.29, 0.717) is 49.6 Å². The number of benzene rings is 1. The van der Waals surface area contributed by atoms with Crippen LogP contribution in [0.3, 0.4) is 0 Å². The fraction of sp³-hybridized carbons (Fsp3) is 0.516. The number of carboxylic acids is 1. The van der Waals surface area contributed by atoms with Gasteiger partial charge in [-0.3, -0.25) is 24.8 Å². The van der Waals surface area contributed by atoms with Crippen molar-refractivity contribution in [3.63, 3.8) is 0 Å². The van der Waals surface area contributed by atoms with Crippen molar-refractivity contribution in [1.82, 2.24) is 14.8 Å². The van der Waals surface area contributed by atoms with Crippen LogP contribution in [-0.2, 0) is 16.1 Å². The Bertz CT molecular complexity index is 1500. The Morgan fingerprint density at radius 1 is 1.22 bits per heavy atom. The highest BCUT2D eigenvalue weighted by molar-refractivity contribution is 7.16. The van der Waals surface area contributed by atoms with Gasteiger partial charge in [-0.1, -0.05) is 25.2 Å². The number of carboxylic acid groups (broad SMARTS) is 1. The number of nitrogens with one attached hydrogen (secondary N) is 1. The van der Waals surface area contributed by atoms with E-state index in [-0.39, 0.29) is 27.9 Å². The van der Waals surface area contributed by atoms with Gasteiger partial charge in [0.05, 0.1) is 24.9 Å². The predicted octanol–water partition coefficient (Wildman–Crippen LogP) is 6.03. The van der Waals surface area contributed by atoms with E-state index in [1.54, 1.807) is 13.0 Å². The SMILES string of the molecule is C=N/C(=C\N=C(/C)N1CCC(C(=O)O)CC1)C(=O)Nc1nc(-c2cc(OC)cc(OC(F)(F)F)c2)c(CN2CCCC(C)(C)C2)s1. The van der Waals surface area contributed by atoms with Crippen LogP contribution in [0.2, 0.25) is 0 Å². The molecule has 2 fully saturated rings. The normalized spacial score (nSPS) is 18.3. The number of alkyl halides is 3. The zero-order valence-corrected chi connectivity index (χ0v) is 27.1. The predicted molar refractivity (Wildman–Crippen MR) is 170 cm³/mol. The molecular formula is C31H39F3N6O5S. The molecule has 250 valence electrons. The van der Waals surface area contributed by atoms with Gasteiger partial charge in [-0.05, 0) is 63.4 Å². The highest BCUT2D eigenvalue weighted by atomic mass is 32.1. The number of carbonyl (C=O) groups is 2. The van der Waals surface area contributed by atoms with Crippen molar-refractivity contribution in [2.75, 3.05) is 38.6 Å². The van der Waals surface area contributed by atoms with Gasteiger partial charge in [-0.15, -0.1) is 13.2 Å². The van der Waals surface area contributed by atoms with Gasteiger partial charge in [0.25, 0.3) is 5.91 Å². The van der Waals surface area contributed by atoms with Crippen molar-refractivity contribution in [2.24, 2.45) is 21.3 Å². The molecule has 2 aliphatic rings. The molecule has 4 rings (SSSR count). The van der Waals surface area contributed by atoms with E-state index in [0.717, 1.165) is 36.9 Å². The number of likely N-dealkylation sites (tertiary alicyclic amines) is 2. The molecule has 0 atom stereocenters. The quantitative estimate of drug-likeness (QED) is 0.179. The Labute approximate surface area is 269 Å². The van der Waals surface area contributed by atoms with E-state index in [2.05, 4.69) is 50.5 Å². The number of nitrogens with zero attached hydrogens (tertiary/aromatic N) is 5. The number of halogens is 3. The molecule has 2 aromatic rings. The van der Waals surface area contributed by atoms with Gasteiger partial charge in [0.1, 0.15) is 23.0 Å². The largest absolute Gasteiger partial charge is 0.573 e. The van der Waals surface area contributed by atoms with E-state index in [1.807, 2.05) is 4.90 Å². The Morgan fingerprint density at radius 2 is 1.91 bits per heavy atom. The minimum atomic E-state index is -4.90. The number of aromatic nitrogens is 1. The summed E-state index contributed by atoms with van der Waals surface area (Å²) in [6.45, 7) is 12.9. The number of rotatable bonds is 10. The van der Waals surface area contributed by atoms with Crippen molar-refractivity contribution in [1.29, 1.82) is 0 Å². The van der Waals surface area contributed by atoms with E-state index < -0.39 is 24.0 Å².